The van der Waals surface area contributed by atoms with Crippen molar-refractivity contribution < 1.29 is 18.3 Å². The van der Waals surface area contributed by atoms with Crippen molar-refractivity contribution in [2.24, 2.45) is 0 Å². The molecule has 116 valence electrons. The van der Waals surface area contributed by atoms with Gasteiger partial charge in [0.05, 0.1) is 10.5 Å². The largest absolute Gasteiger partial charge is 0.478 e. The predicted octanol–water partition coefficient (Wildman–Crippen LogP) is 1.48. The zero-order valence-electron chi connectivity index (χ0n) is 11.7. The summed E-state index contributed by atoms with van der Waals surface area (Å²) in [6.45, 7) is 2.82. The fourth-order valence-corrected chi connectivity index (χ4v) is 5.28. The summed E-state index contributed by atoms with van der Waals surface area (Å²) in [7, 11) is -3.81. The molecule has 1 atom stereocenters. The molecule has 0 radical (unpaired) electrons. The number of carboxylic acids is 1. The first kappa shape index (κ1) is 16.1. The maximum absolute atomic E-state index is 12.7. The van der Waals surface area contributed by atoms with Gasteiger partial charge in [-0.25, -0.2) is 13.2 Å². The summed E-state index contributed by atoms with van der Waals surface area (Å²) in [4.78, 5) is 11.1. The van der Waals surface area contributed by atoms with E-state index in [-0.39, 0.29) is 21.4 Å². The standard InChI is InChI=1S/C13H18N2O4S2/c1-2-10-8-15(5-6-20-10)21(18,19)12-4-3-9(14)7-11(12)13(16)17/h3-4,7,10H,2,5-6,8,14H2,1H3,(H,16,17). The first-order valence-corrected chi connectivity index (χ1v) is 9.09. The highest BCUT2D eigenvalue weighted by molar-refractivity contribution is 8.00. The lowest BCUT2D eigenvalue weighted by Gasteiger charge is -2.31. The van der Waals surface area contributed by atoms with Crippen LogP contribution in [0.4, 0.5) is 5.69 Å². The molecule has 1 aromatic rings. The van der Waals surface area contributed by atoms with Crippen LogP contribution in [0.25, 0.3) is 0 Å². The molecule has 1 saturated heterocycles. The number of carboxylic acid groups (broad SMARTS) is 1. The second-order valence-electron chi connectivity index (χ2n) is 4.82. The molecule has 2 rings (SSSR count). The monoisotopic (exact) mass is 330 g/mol. The van der Waals surface area contributed by atoms with E-state index in [1.54, 1.807) is 11.8 Å². The Kier molecular flexibility index (Phi) is 4.80. The summed E-state index contributed by atoms with van der Waals surface area (Å²) in [6.07, 6.45) is 0.879. The van der Waals surface area contributed by atoms with Crippen molar-refractivity contribution in [1.82, 2.24) is 4.31 Å². The van der Waals surface area contributed by atoms with Gasteiger partial charge in [0.1, 0.15) is 0 Å². The highest BCUT2D eigenvalue weighted by Crippen LogP contribution is 2.28. The smallest absolute Gasteiger partial charge is 0.337 e. The van der Waals surface area contributed by atoms with Crippen LogP contribution in [0.5, 0.6) is 0 Å². The second kappa shape index (κ2) is 6.25. The van der Waals surface area contributed by atoms with Crippen LogP contribution in [-0.2, 0) is 10.0 Å². The molecule has 8 heteroatoms. The van der Waals surface area contributed by atoms with Gasteiger partial charge in [0.2, 0.25) is 10.0 Å². The van der Waals surface area contributed by atoms with Gasteiger partial charge >= 0.3 is 5.97 Å². The van der Waals surface area contributed by atoms with Crippen LogP contribution in [0.3, 0.4) is 0 Å². The number of hydrogen-bond acceptors (Lipinski definition) is 5. The van der Waals surface area contributed by atoms with E-state index in [0.717, 1.165) is 12.2 Å². The van der Waals surface area contributed by atoms with Crippen molar-refractivity contribution >= 4 is 33.4 Å². The topological polar surface area (TPSA) is 101 Å². The van der Waals surface area contributed by atoms with Crippen molar-refractivity contribution in [1.29, 1.82) is 0 Å². The number of nitrogen functional groups attached to an aromatic ring is 1. The number of sulfonamides is 1. The van der Waals surface area contributed by atoms with E-state index in [4.69, 9.17) is 5.73 Å². The minimum atomic E-state index is -3.81. The Bertz CT molecular complexity index is 646. The average molecular weight is 330 g/mol. The molecule has 1 heterocycles. The van der Waals surface area contributed by atoms with Gasteiger partial charge in [-0.1, -0.05) is 6.92 Å². The van der Waals surface area contributed by atoms with Crippen LogP contribution in [0, 0.1) is 0 Å². The van der Waals surface area contributed by atoms with Gasteiger partial charge in [0.25, 0.3) is 0 Å². The third-order valence-corrected chi connectivity index (χ3v) is 6.70. The molecular formula is C13H18N2O4S2. The first-order chi connectivity index (χ1) is 9.86. The Morgan fingerprint density at radius 2 is 2.24 bits per heavy atom. The maximum atomic E-state index is 12.7. The van der Waals surface area contributed by atoms with Crippen LogP contribution >= 0.6 is 11.8 Å². The van der Waals surface area contributed by atoms with E-state index in [0.29, 0.717) is 13.1 Å². The average Bonchev–Trinajstić information content (AvgIpc) is 2.46. The Hall–Kier alpha value is -1.25. The highest BCUT2D eigenvalue weighted by Gasteiger charge is 2.32. The van der Waals surface area contributed by atoms with Crippen molar-refractivity contribution in [2.45, 2.75) is 23.5 Å². The molecule has 1 aromatic carbocycles. The summed E-state index contributed by atoms with van der Waals surface area (Å²) < 4.78 is 26.8. The van der Waals surface area contributed by atoms with Crippen molar-refractivity contribution in [3.8, 4) is 0 Å². The normalized spacial score (nSPS) is 20.3. The summed E-state index contributed by atoms with van der Waals surface area (Å²) >= 11 is 1.75. The highest BCUT2D eigenvalue weighted by atomic mass is 32.2. The Morgan fingerprint density at radius 1 is 1.52 bits per heavy atom. The molecule has 0 aliphatic carbocycles. The van der Waals surface area contributed by atoms with Crippen LogP contribution < -0.4 is 5.73 Å². The molecule has 0 aromatic heterocycles. The fourth-order valence-electron chi connectivity index (χ4n) is 2.24. The van der Waals surface area contributed by atoms with Crippen LogP contribution in [-0.4, -0.2) is 47.9 Å². The molecule has 0 spiro atoms. The summed E-state index contributed by atoms with van der Waals surface area (Å²) in [5, 5.41) is 9.45. The quantitative estimate of drug-likeness (QED) is 0.811. The molecule has 0 bridgehead atoms. The zero-order valence-corrected chi connectivity index (χ0v) is 13.3. The van der Waals surface area contributed by atoms with E-state index in [1.807, 2.05) is 6.92 Å². The van der Waals surface area contributed by atoms with E-state index in [1.165, 1.54) is 22.5 Å². The lowest BCUT2D eigenvalue weighted by Crippen LogP contribution is -2.42. The Labute approximate surface area is 128 Å². The Morgan fingerprint density at radius 3 is 2.86 bits per heavy atom. The number of anilines is 1. The van der Waals surface area contributed by atoms with Gasteiger partial charge in [-0.2, -0.15) is 16.1 Å². The van der Waals surface area contributed by atoms with Crippen LogP contribution in [0.15, 0.2) is 23.1 Å². The Balaban J connectivity index is 2.42. The lowest BCUT2D eigenvalue weighted by molar-refractivity contribution is 0.0692. The van der Waals surface area contributed by atoms with Crippen LogP contribution in [0.2, 0.25) is 0 Å². The molecule has 1 aliphatic rings. The molecule has 0 amide bonds. The number of rotatable bonds is 4. The minimum absolute atomic E-state index is 0.189. The van der Waals surface area contributed by atoms with Gasteiger partial charge in [-0.15, -0.1) is 0 Å². The molecule has 3 N–H and O–H groups in total. The number of aromatic carboxylic acids is 1. The van der Waals surface area contributed by atoms with Gasteiger partial charge in [-0.05, 0) is 24.6 Å². The molecule has 0 saturated carbocycles. The van der Waals surface area contributed by atoms with Gasteiger partial charge in [0.15, 0.2) is 0 Å². The number of thioether (sulfide) groups is 1. The predicted molar refractivity (Wildman–Crippen MR) is 83.1 cm³/mol. The number of nitrogens with two attached hydrogens (primary N) is 1. The number of carbonyl (C=O) groups is 1. The van der Waals surface area contributed by atoms with Crippen molar-refractivity contribution in [2.75, 3.05) is 24.6 Å². The number of hydrogen-bond donors (Lipinski definition) is 2. The third-order valence-electron chi connectivity index (χ3n) is 3.41. The van der Waals surface area contributed by atoms with E-state index >= 15 is 0 Å². The molecular weight excluding hydrogens is 312 g/mol. The van der Waals surface area contributed by atoms with Gasteiger partial charge < -0.3 is 10.8 Å². The molecule has 21 heavy (non-hydrogen) atoms. The molecule has 1 aliphatic heterocycles. The summed E-state index contributed by atoms with van der Waals surface area (Å²) in [5.41, 5.74) is 5.51. The summed E-state index contributed by atoms with van der Waals surface area (Å²) in [6, 6.07) is 3.87. The fraction of sp³-hybridized carbons (Fsp3) is 0.462. The molecule has 6 nitrogen and oxygen atoms in total. The lowest BCUT2D eigenvalue weighted by atomic mass is 10.2. The van der Waals surface area contributed by atoms with E-state index in [2.05, 4.69) is 0 Å². The van der Waals surface area contributed by atoms with E-state index < -0.39 is 16.0 Å². The SMILES string of the molecule is CCC1CN(S(=O)(=O)c2ccc(N)cc2C(=O)O)CCS1. The second-order valence-corrected chi connectivity index (χ2v) is 8.14. The van der Waals surface area contributed by atoms with Crippen molar-refractivity contribution in [3.05, 3.63) is 23.8 Å². The summed E-state index contributed by atoms with van der Waals surface area (Å²) in [5.74, 6) is -0.575. The van der Waals surface area contributed by atoms with Crippen LogP contribution in [0.1, 0.15) is 23.7 Å². The molecule has 1 unspecified atom stereocenters. The molecule has 1 fully saturated rings. The first-order valence-electron chi connectivity index (χ1n) is 6.60. The van der Waals surface area contributed by atoms with E-state index in [9.17, 15) is 18.3 Å². The van der Waals surface area contributed by atoms with Gasteiger partial charge in [-0.3, -0.25) is 0 Å². The zero-order chi connectivity index (χ0) is 15.6. The minimum Gasteiger partial charge on any atom is -0.478 e. The van der Waals surface area contributed by atoms with Crippen molar-refractivity contribution in [3.63, 3.8) is 0 Å². The van der Waals surface area contributed by atoms with Gasteiger partial charge in [0, 0.05) is 29.8 Å². The third kappa shape index (κ3) is 3.33. The number of benzene rings is 1. The maximum Gasteiger partial charge on any atom is 0.337 e. The number of nitrogens with zero attached hydrogens (tertiary/aromatic N) is 1.